The fourth-order valence-electron chi connectivity index (χ4n) is 1.34. The highest BCUT2D eigenvalue weighted by Crippen LogP contribution is 2.08. The van der Waals surface area contributed by atoms with E-state index >= 15 is 0 Å². The second kappa shape index (κ2) is 7.17. The van der Waals surface area contributed by atoms with Gasteiger partial charge >= 0.3 is 0 Å². The Morgan fingerprint density at radius 3 is 2.79 bits per heavy atom. The second-order valence-corrected chi connectivity index (χ2v) is 3.58. The van der Waals surface area contributed by atoms with E-state index in [4.69, 9.17) is 14.2 Å². The highest BCUT2D eigenvalue weighted by molar-refractivity contribution is 4.70. The Kier molecular flexibility index (Phi) is 6.10. The van der Waals surface area contributed by atoms with Crippen LogP contribution in [-0.4, -0.2) is 52.2 Å². The van der Waals surface area contributed by atoms with Gasteiger partial charge in [0.15, 0.2) is 0 Å². The van der Waals surface area contributed by atoms with Crippen LogP contribution in [0.25, 0.3) is 0 Å². The van der Waals surface area contributed by atoms with Crippen molar-refractivity contribution in [1.29, 1.82) is 0 Å². The number of hydrogen-bond acceptors (Lipinski definition) is 4. The molecular formula is C10H21NO3. The van der Waals surface area contributed by atoms with Crippen LogP contribution in [0.2, 0.25) is 0 Å². The first-order chi connectivity index (χ1) is 6.86. The zero-order valence-electron chi connectivity index (χ0n) is 9.12. The Balaban J connectivity index is 2.09. The third kappa shape index (κ3) is 4.37. The largest absolute Gasteiger partial charge is 0.382 e. The van der Waals surface area contributed by atoms with Crippen molar-refractivity contribution in [3.63, 3.8) is 0 Å². The molecule has 4 heteroatoms. The van der Waals surface area contributed by atoms with Gasteiger partial charge in [-0.2, -0.15) is 0 Å². The molecule has 1 fully saturated rings. The van der Waals surface area contributed by atoms with Crippen molar-refractivity contribution in [2.45, 2.75) is 25.6 Å². The maximum atomic E-state index is 5.76. The minimum absolute atomic E-state index is 0.153. The first-order valence-electron chi connectivity index (χ1n) is 5.29. The lowest BCUT2D eigenvalue weighted by Crippen LogP contribution is -2.43. The predicted octanol–water partition coefficient (Wildman–Crippen LogP) is 0.416. The molecule has 1 unspecified atom stereocenters. The Morgan fingerprint density at radius 1 is 1.50 bits per heavy atom. The third-order valence-corrected chi connectivity index (χ3v) is 2.14. The third-order valence-electron chi connectivity index (χ3n) is 2.14. The average Bonchev–Trinajstić information content (AvgIpc) is 2.11. The van der Waals surface area contributed by atoms with Gasteiger partial charge in [0.05, 0.1) is 25.9 Å². The van der Waals surface area contributed by atoms with Crippen molar-refractivity contribution in [2.24, 2.45) is 0 Å². The summed E-state index contributed by atoms with van der Waals surface area (Å²) in [6.07, 6.45) is 1.57. The van der Waals surface area contributed by atoms with Crippen molar-refractivity contribution in [1.82, 2.24) is 5.32 Å². The molecule has 1 aliphatic heterocycles. The van der Waals surface area contributed by atoms with Crippen LogP contribution in [0.4, 0.5) is 0 Å². The van der Waals surface area contributed by atoms with Gasteiger partial charge in [0.25, 0.3) is 0 Å². The van der Waals surface area contributed by atoms with E-state index in [2.05, 4.69) is 12.2 Å². The van der Waals surface area contributed by atoms with Crippen LogP contribution < -0.4 is 5.32 Å². The minimum atomic E-state index is 0.153. The molecule has 0 aliphatic carbocycles. The fourth-order valence-corrected chi connectivity index (χ4v) is 1.34. The molecule has 1 saturated heterocycles. The van der Waals surface area contributed by atoms with Crippen LogP contribution in [0.5, 0.6) is 0 Å². The zero-order chi connectivity index (χ0) is 10.2. The van der Waals surface area contributed by atoms with Gasteiger partial charge < -0.3 is 19.5 Å². The summed E-state index contributed by atoms with van der Waals surface area (Å²) in [6.45, 7) is 6.15. The average molecular weight is 203 g/mol. The number of ether oxygens (including phenoxy) is 3. The summed E-state index contributed by atoms with van der Waals surface area (Å²) in [5, 5.41) is 3.33. The van der Waals surface area contributed by atoms with E-state index in [1.54, 1.807) is 7.11 Å². The number of hydrogen-bond donors (Lipinski definition) is 1. The molecule has 14 heavy (non-hydrogen) atoms. The van der Waals surface area contributed by atoms with E-state index in [-0.39, 0.29) is 12.2 Å². The van der Waals surface area contributed by atoms with Crippen molar-refractivity contribution >= 4 is 0 Å². The number of rotatable bonds is 8. The van der Waals surface area contributed by atoms with Crippen molar-refractivity contribution < 1.29 is 14.2 Å². The Labute approximate surface area is 85.9 Å². The van der Waals surface area contributed by atoms with Gasteiger partial charge in [-0.1, -0.05) is 6.92 Å². The van der Waals surface area contributed by atoms with E-state index < -0.39 is 0 Å². The maximum Gasteiger partial charge on any atom is 0.105 e. The molecule has 1 aliphatic rings. The summed E-state index contributed by atoms with van der Waals surface area (Å²) >= 11 is 0. The monoisotopic (exact) mass is 203 g/mol. The van der Waals surface area contributed by atoms with Crippen LogP contribution in [0.15, 0.2) is 0 Å². The first kappa shape index (κ1) is 11.9. The summed E-state index contributed by atoms with van der Waals surface area (Å²) in [4.78, 5) is 0. The molecule has 0 bridgehead atoms. The van der Waals surface area contributed by atoms with Gasteiger partial charge in [-0.15, -0.1) is 0 Å². The minimum Gasteiger partial charge on any atom is -0.382 e. The molecule has 0 aromatic heterocycles. The first-order valence-corrected chi connectivity index (χ1v) is 5.29. The maximum absolute atomic E-state index is 5.76. The molecule has 0 aromatic carbocycles. The molecule has 1 heterocycles. The van der Waals surface area contributed by atoms with E-state index in [1.807, 2.05) is 0 Å². The van der Waals surface area contributed by atoms with E-state index in [0.29, 0.717) is 6.61 Å². The predicted molar refractivity (Wildman–Crippen MR) is 54.5 cm³/mol. The van der Waals surface area contributed by atoms with Gasteiger partial charge in [0, 0.05) is 13.7 Å². The summed E-state index contributed by atoms with van der Waals surface area (Å²) in [5.41, 5.74) is 0. The van der Waals surface area contributed by atoms with Gasteiger partial charge in [-0.05, 0) is 13.0 Å². The standard InChI is InChI=1S/C10H21NO3/c1-3-4-11-5-9(6-12-2)14-10-7-13-8-10/h9-11H,3-8H2,1-2H3. The highest BCUT2D eigenvalue weighted by Gasteiger charge is 2.23. The lowest BCUT2D eigenvalue weighted by Gasteiger charge is -2.30. The van der Waals surface area contributed by atoms with Gasteiger partial charge in [0.1, 0.15) is 6.10 Å². The van der Waals surface area contributed by atoms with E-state index in [1.165, 1.54) is 0 Å². The lowest BCUT2D eigenvalue weighted by atomic mass is 10.3. The lowest BCUT2D eigenvalue weighted by molar-refractivity contribution is -0.162. The Hall–Kier alpha value is -0.160. The topological polar surface area (TPSA) is 39.7 Å². The Bertz CT molecular complexity index is 139. The van der Waals surface area contributed by atoms with E-state index in [0.717, 1.165) is 32.7 Å². The molecule has 0 aromatic rings. The van der Waals surface area contributed by atoms with Crippen molar-refractivity contribution in [3.8, 4) is 0 Å². The normalized spacial score (nSPS) is 19.3. The van der Waals surface area contributed by atoms with Crippen LogP contribution in [-0.2, 0) is 14.2 Å². The molecule has 1 N–H and O–H groups in total. The SMILES string of the molecule is CCCNCC(COC)OC1COC1. The molecule has 0 saturated carbocycles. The molecule has 1 rings (SSSR count). The van der Waals surface area contributed by atoms with Crippen molar-refractivity contribution in [3.05, 3.63) is 0 Å². The smallest absolute Gasteiger partial charge is 0.105 e. The number of nitrogens with one attached hydrogen (secondary N) is 1. The van der Waals surface area contributed by atoms with Crippen molar-refractivity contribution in [2.75, 3.05) is 40.0 Å². The number of methoxy groups -OCH3 is 1. The second-order valence-electron chi connectivity index (χ2n) is 3.58. The molecule has 0 amide bonds. The molecule has 0 spiro atoms. The molecular weight excluding hydrogens is 182 g/mol. The molecule has 0 radical (unpaired) electrons. The fraction of sp³-hybridized carbons (Fsp3) is 1.00. The summed E-state index contributed by atoms with van der Waals surface area (Å²) < 4.78 is 15.9. The molecule has 4 nitrogen and oxygen atoms in total. The van der Waals surface area contributed by atoms with Gasteiger partial charge in [-0.3, -0.25) is 0 Å². The molecule has 84 valence electrons. The van der Waals surface area contributed by atoms with Crippen LogP contribution in [0, 0.1) is 0 Å². The van der Waals surface area contributed by atoms with E-state index in [9.17, 15) is 0 Å². The summed E-state index contributed by atoms with van der Waals surface area (Å²) in [5.74, 6) is 0. The van der Waals surface area contributed by atoms with Crippen LogP contribution >= 0.6 is 0 Å². The molecule has 1 atom stereocenters. The van der Waals surface area contributed by atoms with Gasteiger partial charge in [0.2, 0.25) is 0 Å². The summed E-state index contributed by atoms with van der Waals surface area (Å²) in [7, 11) is 1.70. The van der Waals surface area contributed by atoms with Crippen LogP contribution in [0.3, 0.4) is 0 Å². The highest BCUT2D eigenvalue weighted by atomic mass is 16.6. The zero-order valence-corrected chi connectivity index (χ0v) is 9.12. The quantitative estimate of drug-likeness (QED) is 0.580. The van der Waals surface area contributed by atoms with Gasteiger partial charge in [-0.25, -0.2) is 0 Å². The van der Waals surface area contributed by atoms with Crippen LogP contribution in [0.1, 0.15) is 13.3 Å². The Morgan fingerprint density at radius 2 is 2.29 bits per heavy atom. The summed E-state index contributed by atoms with van der Waals surface area (Å²) in [6, 6.07) is 0.